The maximum atomic E-state index is 13.2. The molecule has 3 amide bonds. The first-order valence-electron chi connectivity index (χ1n) is 12.1. The SMILES string of the molecule is NCC(CN)NC(=O)CC(N)C(=O)NC(Cc1ccc(C(F)(F)F)cc1)C(=O)Nc1cnc2ccccc2c1. The summed E-state index contributed by atoms with van der Waals surface area (Å²) in [7, 11) is 0. The van der Waals surface area contributed by atoms with Crippen LogP contribution in [0.15, 0.2) is 60.8 Å². The molecule has 9 N–H and O–H groups in total. The van der Waals surface area contributed by atoms with Gasteiger partial charge in [-0.2, -0.15) is 13.2 Å². The Kier molecular flexibility index (Phi) is 9.93. The Morgan fingerprint density at radius 2 is 1.59 bits per heavy atom. The second-order valence-corrected chi connectivity index (χ2v) is 8.91. The molecule has 10 nitrogen and oxygen atoms in total. The van der Waals surface area contributed by atoms with E-state index >= 15 is 0 Å². The lowest BCUT2D eigenvalue weighted by Crippen LogP contribution is -2.53. The standard InChI is InChI=1S/C26H30F3N7O3/c27-26(28,29)17-7-5-15(6-8-17)9-22(36-24(38)20(32)11-23(37)34-19(12-30)13-31)25(39)35-18-10-16-3-1-2-4-21(16)33-14-18/h1-8,10,14,19-20,22H,9,11-13,30-32H2,(H,34,37)(H,35,39)(H,36,38). The number of halogens is 3. The Bertz CT molecular complexity index is 1300. The average Bonchev–Trinajstić information content (AvgIpc) is 2.90. The first kappa shape index (κ1) is 29.5. The fourth-order valence-corrected chi connectivity index (χ4v) is 3.72. The van der Waals surface area contributed by atoms with Gasteiger partial charge < -0.3 is 33.2 Å². The normalized spacial score (nSPS) is 13.1. The van der Waals surface area contributed by atoms with E-state index in [0.717, 1.165) is 17.5 Å². The van der Waals surface area contributed by atoms with Crippen molar-refractivity contribution >= 4 is 34.3 Å². The molecule has 1 heterocycles. The van der Waals surface area contributed by atoms with Crippen LogP contribution in [0.3, 0.4) is 0 Å². The molecule has 13 heteroatoms. The molecule has 2 atom stereocenters. The molecule has 208 valence electrons. The maximum Gasteiger partial charge on any atom is 0.416 e. The average molecular weight is 546 g/mol. The summed E-state index contributed by atoms with van der Waals surface area (Å²) in [5, 5.41) is 8.50. The molecule has 0 saturated heterocycles. The van der Waals surface area contributed by atoms with Crippen LogP contribution in [0.5, 0.6) is 0 Å². The lowest BCUT2D eigenvalue weighted by atomic mass is 10.0. The van der Waals surface area contributed by atoms with Crippen molar-refractivity contribution in [2.45, 2.75) is 37.1 Å². The quantitative estimate of drug-likeness (QED) is 0.208. The number of carbonyl (C=O) groups is 3. The van der Waals surface area contributed by atoms with E-state index in [1.54, 1.807) is 12.1 Å². The van der Waals surface area contributed by atoms with E-state index in [-0.39, 0.29) is 19.5 Å². The predicted octanol–water partition coefficient (Wildman–Crippen LogP) is 1.04. The molecule has 0 radical (unpaired) electrons. The molecule has 39 heavy (non-hydrogen) atoms. The zero-order valence-corrected chi connectivity index (χ0v) is 20.9. The van der Waals surface area contributed by atoms with Gasteiger partial charge in [-0.1, -0.05) is 30.3 Å². The Labute approximate surface area is 222 Å². The highest BCUT2D eigenvalue weighted by Gasteiger charge is 2.31. The third-order valence-corrected chi connectivity index (χ3v) is 5.89. The van der Waals surface area contributed by atoms with Crippen molar-refractivity contribution in [2.24, 2.45) is 17.2 Å². The highest BCUT2D eigenvalue weighted by molar-refractivity contribution is 5.99. The Balaban J connectivity index is 1.76. The number of anilines is 1. The van der Waals surface area contributed by atoms with Crippen LogP contribution in [0, 0.1) is 0 Å². The van der Waals surface area contributed by atoms with Crippen molar-refractivity contribution in [1.82, 2.24) is 15.6 Å². The number of carbonyl (C=O) groups excluding carboxylic acids is 3. The number of benzene rings is 2. The van der Waals surface area contributed by atoms with Gasteiger partial charge in [-0.05, 0) is 29.8 Å². The second-order valence-electron chi connectivity index (χ2n) is 8.91. The minimum atomic E-state index is -4.52. The van der Waals surface area contributed by atoms with E-state index in [0.29, 0.717) is 16.8 Å². The molecule has 0 aliphatic carbocycles. The number of fused-ring (bicyclic) bond motifs is 1. The molecule has 2 unspecified atom stereocenters. The number of hydrogen-bond donors (Lipinski definition) is 6. The molecular formula is C26H30F3N7O3. The Hall–Kier alpha value is -4.07. The number of nitrogens with zero attached hydrogens (tertiary/aromatic N) is 1. The predicted molar refractivity (Wildman–Crippen MR) is 140 cm³/mol. The topological polar surface area (TPSA) is 178 Å². The molecule has 0 aliphatic heterocycles. The first-order chi connectivity index (χ1) is 18.5. The summed E-state index contributed by atoms with van der Waals surface area (Å²) in [6.07, 6.45) is -3.62. The number of rotatable bonds is 11. The Morgan fingerprint density at radius 3 is 2.23 bits per heavy atom. The van der Waals surface area contributed by atoms with E-state index in [4.69, 9.17) is 17.2 Å². The monoisotopic (exact) mass is 545 g/mol. The molecule has 0 fully saturated rings. The fourth-order valence-electron chi connectivity index (χ4n) is 3.72. The van der Waals surface area contributed by atoms with E-state index in [9.17, 15) is 27.6 Å². The molecule has 0 saturated carbocycles. The van der Waals surface area contributed by atoms with Gasteiger partial charge in [0.2, 0.25) is 17.7 Å². The molecule has 0 spiro atoms. The first-order valence-corrected chi connectivity index (χ1v) is 12.1. The lowest BCUT2D eigenvalue weighted by molar-refractivity contribution is -0.137. The summed E-state index contributed by atoms with van der Waals surface area (Å²) in [5.41, 5.74) is 17.5. The second kappa shape index (κ2) is 13.1. The van der Waals surface area contributed by atoms with Gasteiger partial charge in [0, 0.05) is 24.9 Å². The van der Waals surface area contributed by atoms with Gasteiger partial charge in [-0.15, -0.1) is 0 Å². The molecule has 3 rings (SSSR count). The van der Waals surface area contributed by atoms with Crippen LogP contribution >= 0.6 is 0 Å². The minimum absolute atomic E-state index is 0.0999. The van der Waals surface area contributed by atoms with Crippen molar-refractivity contribution in [3.05, 3.63) is 71.9 Å². The summed E-state index contributed by atoms with van der Waals surface area (Å²) in [6.45, 7) is 0.200. The van der Waals surface area contributed by atoms with Crippen LogP contribution in [-0.2, 0) is 27.0 Å². The summed E-state index contributed by atoms with van der Waals surface area (Å²) >= 11 is 0. The van der Waals surface area contributed by atoms with E-state index < -0.39 is 54.0 Å². The Morgan fingerprint density at radius 1 is 0.923 bits per heavy atom. The number of nitrogens with one attached hydrogen (secondary N) is 3. The molecule has 3 aromatic rings. The summed E-state index contributed by atoms with van der Waals surface area (Å²) in [5.74, 6) is -2.00. The summed E-state index contributed by atoms with van der Waals surface area (Å²) < 4.78 is 38.9. The lowest BCUT2D eigenvalue weighted by Gasteiger charge is -2.22. The van der Waals surface area contributed by atoms with Gasteiger partial charge in [0.15, 0.2) is 0 Å². The summed E-state index contributed by atoms with van der Waals surface area (Å²) in [4.78, 5) is 42.5. The zero-order chi connectivity index (χ0) is 28.6. The smallest absolute Gasteiger partial charge is 0.351 e. The molecule has 0 bridgehead atoms. The van der Waals surface area contributed by atoms with Crippen LogP contribution in [0.1, 0.15) is 17.5 Å². The van der Waals surface area contributed by atoms with Crippen molar-refractivity contribution in [2.75, 3.05) is 18.4 Å². The van der Waals surface area contributed by atoms with Gasteiger partial charge in [0.05, 0.1) is 41.5 Å². The van der Waals surface area contributed by atoms with Crippen LogP contribution in [0.25, 0.3) is 10.9 Å². The van der Waals surface area contributed by atoms with Crippen LogP contribution in [0.4, 0.5) is 18.9 Å². The van der Waals surface area contributed by atoms with Gasteiger partial charge in [-0.25, -0.2) is 0 Å². The number of hydrogen-bond acceptors (Lipinski definition) is 7. The zero-order valence-electron chi connectivity index (χ0n) is 20.9. The van der Waals surface area contributed by atoms with Crippen LogP contribution in [-0.4, -0.2) is 53.9 Å². The largest absolute Gasteiger partial charge is 0.416 e. The van der Waals surface area contributed by atoms with Gasteiger partial charge in [0.25, 0.3) is 0 Å². The highest BCUT2D eigenvalue weighted by Crippen LogP contribution is 2.29. The third kappa shape index (κ3) is 8.46. The minimum Gasteiger partial charge on any atom is -0.351 e. The van der Waals surface area contributed by atoms with Crippen molar-refractivity contribution in [1.29, 1.82) is 0 Å². The van der Waals surface area contributed by atoms with Crippen molar-refractivity contribution < 1.29 is 27.6 Å². The van der Waals surface area contributed by atoms with Crippen molar-refractivity contribution in [3.8, 4) is 0 Å². The van der Waals surface area contributed by atoms with Crippen LogP contribution < -0.4 is 33.2 Å². The third-order valence-electron chi connectivity index (χ3n) is 5.89. The number of aromatic nitrogens is 1. The molecule has 1 aromatic heterocycles. The number of nitrogens with two attached hydrogens (primary N) is 3. The maximum absolute atomic E-state index is 13.2. The van der Waals surface area contributed by atoms with Gasteiger partial charge in [0.1, 0.15) is 6.04 Å². The summed E-state index contributed by atoms with van der Waals surface area (Å²) in [6, 6.07) is 10.1. The molecule has 0 aliphatic rings. The van der Waals surface area contributed by atoms with Gasteiger partial charge in [-0.3, -0.25) is 19.4 Å². The highest BCUT2D eigenvalue weighted by atomic mass is 19.4. The number of para-hydroxylation sites is 1. The van der Waals surface area contributed by atoms with Gasteiger partial charge >= 0.3 is 6.18 Å². The van der Waals surface area contributed by atoms with Crippen molar-refractivity contribution in [3.63, 3.8) is 0 Å². The molecular weight excluding hydrogens is 515 g/mol. The number of amides is 3. The van der Waals surface area contributed by atoms with E-state index in [2.05, 4.69) is 20.9 Å². The number of alkyl halides is 3. The number of pyridine rings is 1. The van der Waals surface area contributed by atoms with Crippen LogP contribution in [0.2, 0.25) is 0 Å². The fraction of sp³-hybridized carbons (Fsp3) is 0.308. The van der Waals surface area contributed by atoms with E-state index in [1.807, 2.05) is 18.2 Å². The molecule has 2 aromatic carbocycles. The van der Waals surface area contributed by atoms with E-state index in [1.165, 1.54) is 18.3 Å².